The van der Waals surface area contributed by atoms with Crippen LogP contribution in [0.5, 0.6) is 5.75 Å². The molecule has 0 amide bonds. The van der Waals surface area contributed by atoms with Crippen LogP contribution in [0.4, 0.5) is 4.39 Å². The van der Waals surface area contributed by atoms with Crippen molar-refractivity contribution >= 4 is 22.9 Å². The minimum absolute atomic E-state index is 0.150. The van der Waals surface area contributed by atoms with Crippen LogP contribution in [-0.4, -0.2) is 17.2 Å². The summed E-state index contributed by atoms with van der Waals surface area (Å²) in [4.78, 5) is 3.91. The number of hydrogen-bond acceptors (Lipinski definition) is 4. The number of hydrogen-bond donors (Lipinski definition) is 1. The van der Waals surface area contributed by atoms with Gasteiger partial charge in [-0.1, -0.05) is 11.6 Å². The SMILES string of the molecule is COc1ccc(C(O)c2ncc(Cl)s2)c(F)c1. The van der Waals surface area contributed by atoms with E-state index in [1.807, 2.05) is 0 Å². The molecule has 0 aliphatic rings. The third-order valence-electron chi connectivity index (χ3n) is 2.23. The molecule has 3 nitrogen and oxygen atoms in total. The van der Waals surface area contributed by atoms with Crippen LogP contribution in [-0.2, 0) is 0 Å². The van der Waals surface area contributed by atoms with Gasteiger partial charge in [-0.2, -0.15) is 0 Å². The van der Waals surface area contributed by atoms with Crippen molar-refractivity contribution in [2.24, 2.45) is 0 Å². The van der Waals surface area contributed by atoms with Crippen molar-refractivity contribution in [1.29, 1.82) is 0 Å². The first-order valence-electron chi connectivity index (χ1n) is 4.74. The molecule has 1 unspecified atom stereocenters. The maximum Gasteiger partial charge on any atom is 0.133 e. The second-order valence-corrected chi connectivity index (χ2v) is 4.99. The van der Waals surface area contributed by atoms with Gasteiger partial charge in [0, 0.05) is 11.6 Å². The van der Waals surface area contributed by atoms with Crippen molar-refractivity contribution in [2.45, 2.75) is 6.10 Å². The van der Waals surface area contributed by atoms with Gasteiger partial charge in [0.25, 0.3) is 0 Å². The number of aliphatic hydroxyl groups is 1. The molecular weight excluding hydrogens is 265 g/mol. The van der Waals surface area contributed by atoms with E-state index < -0.39 is 11.9 Å². The molecular formula is C11H9ClFNO2S. The summed E-state index contributed by atoms with van der Waals surface area (Å²) >= 11 is 6.83. The van der Waals surface area contributed by atoms with Crippen LogP contribution in [0.25, 0.3) is 0 Å². The minimum Gasteiger partial charge on any atom is -0.497 e. The van der Waals surface area contributed by atoms with E-state index >= 15 is 0 Å². The van der Waals surface area contributed by atoms with Gasteiger partial charge < -0.3 is 9.84 Å². The van der Waals surface area contributed by atoms with Gasteiger partial charge in [0.15, 0.2) is 0 Å². The summed E-state index contributed by atoms with van der Waals surface area (Å²) in [5, 5.41) is 10.3. The fourth-order valence-corrected chi connectivity index (χ4v) is 2.32. The summed E-state index contributed by atoms with van der Waals surface area (Å²) in [5.74, 6) is -0.140. The molecule has 0 saturated carbocycles. The summed E-state index contributed by atoms with van der Waals surface area (Å²) in [6.07, 6.45) is 0.310. The molecule has 1 N–H and O–H groups in total. The van der Waals surface area contributed by atoms with Crippen molar-refractivity contribution < 1.29 is 14.2 Å². The highest BCUT2D eigenvalue weighted by atomic mass is 35.5. The molecule has 1 heterocycles. The highest BCUT2D eigenvalue weighted by Gasteiger charge is 2.18. The van der Waals surface area contributed by atoms with Crippen LogP contribution in [0.1, 0.15) is 16.7 Å². The predicted octanol–water partition coefficient (Wildman–Crippen LogP) is 3.03. The van der Waals surface area contributed by atoms with E-state index in [2.05, 4.69) is 4.98 Å². The maximum absolute atomic E-state index is 13.7. The van der Waals surface area contributed by atoms with Crippen LogP contribution < -0.4 is 4.74 Å². The summed E-state index contributed by atoms with van der Waals surface area (Å²) in [6, 6.07) is 4.26. The number of benzene rings is 1. The van der Waals surface area contributed by atoms with Crippen molar-refractivity contribution in [3.05, 3.63) is 45.1 Å². The summed E-state index contributed by atoms with van der Waals surface area (Å²) < 4.78 is 19.0. The third kappa shape index (κ3) is 2.57. The van der Waals surface area contributed by atoms with Crippen molar-refractivity contribution in [3.63, 3.8) is 0 Å². The van der Waals surface area contributed by atoms with Crippen molar-refractivity contribution in [3.8, 4) is 5.75 Å². The predicted molar refractivity (Wildman–Crippen MR) is 64.1 cm³/mol. The number of ether oxygens (including phenoxy) is 1. The Labute approximate surface area is 106 Å². The average Bonchev–Trinajstić information content (AvgIpc) is 2.75. The van der Waals surface area contributed by atoms with Crippen LogP contribution in [0.2, 0.25) is 4.34 Å². The van der Waals surface area contributed by atoms with Crippen molar-refractivity contribution in [2.75, 3.05) is 7.11 Å². The molecule has 2 rings (SSSR count). The first kappa shape index (κ1) is 12.3. The van der Waals surface area contributed by atoms with Gasteiger partial charge >= 0.3 is 0 Å². The monoisotopic (exact) mass is 273 g/mol. The lowest BCUT2D eigenvalue weighted by molar-refractivity contribution is 0.214. The number of methoxy groups -OCH3 is 1. The molecule has 0 aliphatic heterocycles. The lowest BCUT2D eigenvalue weighted by Crippen LogP contribution is -2.02. The molecule has 1 atom stereocenters. The number of halogens is 2. The highest BCUT2D eigenvalue weighted by molar-refractivity contribution is 7.15. The second-order valence-electron chi connectivity index (χ2n) is 3.29. The Morgan fingerprint density at radius 1 is 1.53 bits per heavy atom. The maximum atomic E-state index is 13.7. The molecule has 6 heteroatoms. The van der Waals surface area contributed by atoms with Gasteiger partial charge in [-0.25, -0.2) is 9.37 Å². The smallest absolute Gasteiger partial charge is 0.133 e. The molecule has 90 valence electrons. The standard InChI is InChI=1S/C11H9ClFNO2S/c1-16-6-2-3-7(8(13)4-6)10(15)11-14-5-9(12)17-11/h2-5,10,15H,1H3. The molecule has 0 radical (unpaired) electrons. The van der Waals surface area contributed by atoms with E-state index in [1.54, 1.807) is 6.07 Å². The van der Waals surface area contributed by atoms with Crippen LogP contribution in [0.15, 0.2) is 24.4 Å². The van der Waals surface area contributed by atoms with E-state index in [9.17, 15) is 9.50 Å². The molecule has 1 aromatic heterocycles. The van der Waals surface area contributed by atoms with Gasteiger partial charge in [0.1, 0.15) is 27.0 Å². The Hall–Kier alpha value is -1.17. The second kappa shape index (κ2) is 5.00. The van der Waals surface area contributed by atoms with Crippen LogP contribution in [0, 0.1) is 5.82 Å². The lowest BCUT2D eigenvalue weighted by atomic mass is 10.1. The Bertz CT molecular complexity index is 532. The topological polar surface area (TPSA) is 42.4 Å². The van der Waals surface area contributed by atoms with E-state index in [-0.39, 0.29) is 5.56 Å². The van der Waals surface area contributed by atoms with E-state index in [0.717, 1.165) is 11.3 Å². The molecule has 1 aromatic carbocycles. The Morgan fingerprint density at radius 2 is 2.29 bits per heavy atom. The number of thiazole rings is 1. The zero-order valence-electron chi connectivity index (χ0n) is 8.85. The number of aromatic nitrogens is 1. The van der Waals surface area contributed by atoms with Gasteiger partial charge in [-0.3, -0.25) is 0 Å². The fraction of sp³-hybridized carbons (Fsp3) is 0.182. The largest absolute Gasteiger partial charge is 0.497 e. The fourth-order valence-electron chi connectivity index (χ4n) is 1.38. The zero-order chi connectivity index (χ0) is 12.4. The summed E-state index contributed by atoms with van der Waals surface area (Å²) in [5.41, 5.74) is 0.150. The molecule has 2 aromatic rings. The van der Waals surface area contributed by atoms with Crippen LogP contribution >= 0.6 is 22.9 Å². The van der Waals surface area contributed by atoms with Gasteiger partial charge in [-0.15, -0.1) is 11.3 Å². The molecule has 0 saturated heterocycles. The number of nitrogens with zero attached hydrogens (tertiary/aromatic N) is 1. The molecule has 17 heavy (non-hydrogen) atoms. The molecule has 0 fully saturated rings. The Morgan fingerprint density at radius 3 is 2.82 bits per heavy atom. The summed E-state index contributed by atoms with van der Waals surface area (Å²) in [7, 11) is 1.45. The molecule has 0 spiro atoms. The van der Waals surface area contributed by atoms with Gasteiger partial charge in [0.2, 0.25) is 0 Å². The minimum atomic E-state index is -1.11. The van der Waals surface area contributed by atoms with E-state index in [0.29, 0.717) is 15.1 Å². The average molecular weight is 274 g/mol. The number of aliphatic hydroxyl groups excluding tert-OH is 1. The molecule has 0 aliphatic carbocycles. The van der Waals surface area contributed by atoms with Gasteiger partial charge in [0.05, 0.1) is 13.3 Å². The van der Waals surface area contributed by atoms with E-state index in [1.165, 1.54) is 25.4 Å². The first-order valence-corrected chi connectivity index (χ1v) is 5.94. The zero-order valence-corrected chi connectivity index (χ0v) is 10.4. The van der Waals surface area contributed by atoms with E-state index in [4.69, 9.17) is 16.3 Å². The van der Waals surface area contributed by atoms with Gasteiger partial charge in [-0.05, 0) is 12.1 Å². The quantitative estimate of drug-likeness (QED) is 0.935. The normalized spacial score (nSPS) is 12.5. The Balaban J connectivity index is 2.34. The molecule has 0 bridgehead atoms. The van der Waals surface area contributed by atoms with Crippen molar-refractivity contribution in [1.82, 2.24) is 4.98 Å². The number of rotatable bonds is 3. The first-order chi connectivity index (χ1) is 8.11. The highest BCUT2D eigenvalue weighted by Crippen LogP contribution is 2.30. The summed E-state index contributed by atoms with van der Waals surface area (Å²) in [6.45, 7) is 0. The third-order valence-corrected chi connectivity index (χ3v) is 3.40. The van der Waals surface area contributed by atoms with Crippen LogP contribution in [0.3, 0.4) is 0 Å². The Kier molecular flexibility index (Phi) is 3.61. The lowest BCUT2D eigenvalue weighted by Gasteiger charge is -2.10.